The quantitative estimate of drug-likeness (QED) is 0.173. The lowest BCUT2D eigenvalue weighted by atomic mass is 9.87. The Balaban J connectivity index is 0.944. The molecular formula is C45H33N3O2S. The van der Waals surface area contributed by atoms with E-state index in [1.165, 1.54) is 42.4 Å². The Morgan fingerprint density at radius 1 is 0.549 bits per heavy atom. The molecule has 5 nitrogen and oxygen atoms in total. The van der Waals surface area contributed by atoms with Gasteiger partial charge in [-0.2, -0.15) is 0 Å². The zero-order valence-electron chi connectivity index (χ0n) is 27.5. The monoisotopic (exact) mass is 679 g/mol. The molecule has 1 aliphatic carbocycles. The van der Waals surface area contributed by atoms with Crippen LogP contribution in [-0.2, 0) is 0 Å². The minimum absolute atomic E-state index is 0.0537. The van der Waals surface area contributed by atoms with Gasteiger partial charge >= 0.3 is 0 Å². The van der Waals surface area contributed by atoms with Crippen LogP contribution in [0.25, 0.3) is 53.2 Å². The first-order valence-corrected chi connectivity index (χ1v) is 18.4. The zero-order valence-corrected chi connectivity index (χ0v) is 28.4. The normalized spacial score (nSPS) is 22.7. The number of fused-ring (bicyclic) bond motifs is 9. The molecule has 0 radical (unpaired) electrons. The Morgan fingerprint density at radius 2 is 1.27 bits per heavy atom. The van der Waals surface area contributed by atoms with Crippen LogP contribution in [0.3, 0.4) is 0 Å². The first-order valence-electron chi connectivity index (χ1n) is 17.6. The van der Waals surface area contributed by atoms with Crippen LogP contribution in [0.2, 0.25) is 0 Å². The van der Waals surface area contributed by atoms with Crippen molar-refractivity contribution >= 4 is 53.4 Å². The molecule has 51 heavy (non-hydrogen) atoms. The molecule has 6 aromatic carbocycles. The maximum atomic E-state index is 6.90. The topological polar surface area (TPSA) is 58.5 Å². The van der Waals surface area contributed by atoms with Crippen LogP contribution < -0.4 is 20.7 Å². The lowest BCUT2D eigenvalue weighted by Gasteiger charge is -2.40. The van der Waals surface area contributed by atoms with E-state index in [4.69, 9.17) is 9.15 Å². The number of rotatable bonds is 4. The highest BCUT2D eigenvalue weighted by Crippen LogP contribution is 2.49. The lowest BCUT2D eigenvalue weighted by molar-refractivity contribution is 0.219. The average molecular weight is 680 g/mol. The summed E-state index contributed by atoms with van der Waals surface area (Å²) >= 11 is 1.85. The third-order valence-electron chi connectivity index (χ3n) is 10.8. The highest BCUT2D eigenvalue weighted by molar-refractivity contribution is 7.25. The molecule has 0 bridgehead atoms. The van der Waals surface area contributed by atoms with Crippen molar-refractivity contribution in [2.24, 2.45) is 0 Å². The number of nitrogens with one attached hydrogen (secondary N) is 3. The summed E-state index contributed by atoms with van der Waals surface area (Å²) in [6.45, 7) is 0. The van der Waals surface area contributed by atoms with Gasteiger partial charge < -0.3 is 9.15 Å². The Bertz CT molecular complexity index is 2710. The van der Waals surface area contributed by atoms with Gasteiger partial charge in [0.15, 0.2) is 0 Å². The Kier molecular flexibility index (Phi) is 6.61. The van der Waals surface area contributed by atoms with E-state index < -0.39 is 0 Å². The summed E-state index contributed by atoms with van der Waals surface area (Å²) in [5.41, 5.74) is 8.70. The van der Waals surface area contributed by atoms with E-state index in [-0.39, 0.29) is 30.5 Å². The van der Waals surface area contributed by atoms with Crippen molar-refractivity contribution in [3.05, 3.63) is 174 Å². The van der Waals surface area contributed by atoms with Crippen LogP contribution in [-0.4, -0.2) is 12.3 Å². The van der Waals surface area contributed by atoms with Gasteiger partial charge in [-0.05, 0) is 47.0 Å². The van der Waals surface area contributed by atoms with Crippen LogP contribution in [0.4, 0.5) is 0 Å². The minimum Gasteiger partial charge on any atom is -0.484 e. The van der Waals surface area contributed by atoms with E-state index in [0.29, 0.717) is 0 Å². The van der Waals surface area contributed by atoms with Gasteiger partial charge in [0.25, 0.3) is 0 Å². The van der Waals surface area contributed by atoms with Crippen molar-refractivity contribution < 1.29 is 9.15 Å². The van der Waals surface area contributed by atoms with Gasteiger partial charge in [0.1, 0.15) is 23.0 Å². The first-order chi connectivity index (χ1) is 25.2. The van der Waals surface area contributed by atoms with Crippen LogP contribution in [0.15, 0.2) is 162 Å². The van der Waals surface area contributed by atoms with Gasteiger partial charge in [-0.3, -0.25) is 16.0 Å². The molecule has 2 aliphatic heterocycles. The third kappa shape index (κ3) is 4.72. The highest BCUT2D eigenvalue weighted by Gasteiger charge is 2.38. The van der Waals surface area contributed by atoms with E-state index >= 15 is 0 Å². The molecule has 3 aliphatic rings. The molecule has 4 heterocycles. The molecule has 5 unspecified atom stereocenters. The summed E-state index contributed by atoms with van der Waals surface area (Å²) < 4.78 is 16.0. The predicted octanol–water partition coefficient (Wildman–Crippen LogP) is 10.5. The summed E-state index contributed by atoms with van der Waals surface area (Å²) in [5, 5.41) is 16.5. The smallest absolute Gasteiger partial charge is 0.143 e. The Labute approximate surface area is 298 Å². The van der Waals surface area contributed by atoms with Crippen molar-refractivity contribution in [3.8, 4) is 16.9 Å². The second-order valence-corrected chi connectivity index (χ2v) is 14.8. The molecule has 11 rings (SSSR count). The summed E-state index contributed by atoms with van der Waals surface area (Å²) in [6, 6.07) is 47.4. The second-order valence-electron chi connectivity index (χ2n) is 13.7. The van der Waals surface area contributed by atoms with E-state index in [9.17, 15) is 0 Å². The van der Waals surface area contributed by atoms with Gasteiger partial charge in [0.05, 0.1) is 18.5 Å². The van der Waals surface area contributed by atoms with Gasteiger partial charge in [0.2, 0.25) is 0 Å². The number of para-hydroxylation sites is 3. The van der Waals surface area contributed by atoms with Crippen molar-refractivity contribution in [2.75, 3.05) is 0 Å². The van der Waals surface area contributed by atoms with Crippen LogP contribution >= 0.6 is 11.3 Å². The molecule has 5 atom stereocenters. The van der Waals surface area contributed by atoms with E-state index in [1.807, 2.05) is 23.5 Å². The zero-order chi connectivity index (χ0) is 33.5. The van der Waals surface area contributed by atoms with Crippen molar-refractivity contribution in [2.45, 2.75) is 30.5 Å². The molecule has 1 fully saturated rings. The molecule has 6 heteroatoms. The summed E-state index contributed by atoms with van der Waals surface area (Å²) in [5.74, 6) is 1.07. The van der Waals surface area contributed by atoms with Gasteiger partial charge in [-0.25, -0.2) is 0 Å². The minimum atomic E-state index is -0.114. The van der Waals surface area contributed by atoms with Crippen molar-refractivity contribution in [1.29, 1.82) is 0 Å². The number of hydrogen-bond donors (Lipinski definition) is 3. The van der Waals surface area contributed by atoms with Crippen LogP contribution in [0.1, 0.15) is 34.9 Å². The van der Waals surface area contributed by atoms with Crippen molar-refractivity contribution in [3.63, 3.8) is 0 Å². The number of benzene rings is 6. The van der Waals surface area contributed by atoms with E-state index in [0.717, 1.165) is 38.8 Å². The molecule has 3 N–H and O–H groups in total. The maximum Gasteiger partial charge on any atom is 0.143 e. The fourth-order valence-corrected chi connectivity index (χ4v) is 9.39. The second kappa shape index (κ2) is 11.5. The first kappa shape index (κ1) is 29.3. The molecule has 0 amide bonds. The molecule has 0 saturated carbocycles. The molecule has 8 aromatic rings. The molecule has 1 saturated heterocycles. The number of thiophene rings is 1. The SMILES string of the molecule is C1=CC2c3cccc(-c4cccc5c4oc4ccccc45)c3OC2C=C1C1NC(c2ccccc2)NC(c2ccc3sc4ccccc4c3c2)N1. The number of ether oxygens (including phenoxy) is 1. The number of hydrogen-bond acceptors (Lipinski definition) is 6. The third-order valence-corrected chi connectivity index (χ3v) is 11.9. The lowest BCUT2D eigenvalue weighted by Crippen LogP contribution is -2.59. The van der Waals surface area contributed by atoms with E-state index in [1.54, 1.807) is 0 Å². The molecular weight excluding hydrogens is 647 g/mol. The molecule has 2 aromatic heterocycles. The molecule has 246 valence electrons. The maximum absolute atomic E-state index is 6.90. The van der Waals surface area contributed by atoms with Crippen LogP contribution in [0, 0.1) is 0 Å². The Morgan fingerprint density at radius 3 is 2.20 bits per heavy atom. The van der Waals surface area contributed by atoms with Gasteiger partial charge in [-0.1, -0.05) is 121 Å². The van der Waals surface area contributed by atoms with Crippen molar-refractivity contribution in [1.82, 2.24) is 16.0 Å². The van der Waals surface area contributed by atoms with Crippen LogP contribution in [0.5, 0.6) is 5.75 Å². The standard InChI is InChI=1S/C45H33N3O2S/c1-2-10-26(11-3-1)43-46-44(27-21-23-40-36(24-27)31-13-5-7-19-39(31)51-40)48-45(47-43)28-20-22-30-33-15-9-17-35(42(33)50-38(30)25-28)34-16-8-14-32-29-12-4-6-18-37(29)49-41(32)34/h1-25,30,38,43-48H. The summed E-state index contributed by atoms with van der Waals surface area (Å²) in [4.78, 5) is 0. The number of furan rings is 1. The predicted molar refractivity (Wildman–Crippen MR) is 208 cm³/mol. The van der Waals surface area contributed by atoms with Gasteiger partial charge in [-0.15, -0.1) is 11.3 Å². The Hall–Kier alpha value is -5.50. The fraction of sp³-hybridized carbons (Fsp3) is 0.111. The largest absolute Gasteiger partial charge is 0.484 e. The van der Waals surface area contributed by atoms with Gasteiger partial charge in [0, 0.05) is 53.6 Å². The fourth-order valence-electron chi connectivity index (χ4n) is 8.30. The highest BCUT2D eigenvalue weighted by atomic mass is 32.1. The molecule has 0 spiro atoms. The summed E-state index contributed by atoms with van der Waals surface area (Å²) in [7, 11) is 0. The average Bonchev–Trinajstić information content (AvgIpc) is 3.89. The summed E-state index contributed by atoms with van der Waals surface area (Å²) in [6.07, 6.45) is 6.55. The van der Waals surface area contributed by atoms with E-state index in [2.05, 4.69) is 156 Å².